The number of fused-ring (bicyclic) bond motifs is 18. The number of benzene rings is 6. The molecule has 24 heteroatoms. The Kier molecular flexibility index (Phi) is 17.1. The van der Waals surface area contributed by atoms with Gasteiger partial charge in [0.25, 0.3) is 0 Å². The minimum Gasteiger partial charge on any atom is -0.493 e. The van der Waals surface area contributed by atoms with Crippen LogP contribution in [0.25, 0.3) is 0 Å². The molecule has 0 radical (unpaired) electrons. The Morgan fingerprint density at radius 3 is 1.03 bits per heavy atom. The Bertz CT molecular complexity index is 8710. The lowest BCUT2D eigenvalue weighted by atomic mass is 9.79. The molecule has 0 N–H and O–H groups in total. The SMILES string of the molecule is [2H]C([2H])([2H])Oc1cc2c(cc1OC)C1([2H])CC(=O)C(C([2H])([2H])C([2H])(C([2H])([2H])[2H])C([2H])([2H])C)CN1C([2H])([2H])C2([2H])[2H].[2H]C([2H])([2H])Oc1cc2c(cc1OC)C1([2H])CC(=O)C(CC(C)C)CN1C([2H])([2H])C2([2H])[2H].[2H]C([2H])([2H])Oc1cc2c(cc1OC)C1([2H])N(CC([2H])(CC(C)C)C(=O)C1([2H])[2H])C([2H])([2H])C2([2H])[2H].[2H]C([2H])([2H])Oc1cc2c(cc1OC)C1CC(=O)C(C([2H])([2H])C([2H])(C([2H])([2H])[2H])C([2H])([2H])C)C([2H])([2H])N1CC2.[2H]C([2H])([2H])Oc1cc2c(cc1OC)C1N(CC2)C([2H])([2H])C([2H])(C([2H])([2H])C([2H])(C([2H])([2H])[2H])C([2H])([2H])C)C(=O)C1([2H])[2H].[2H]C([2H])([2H])Oc1cc2c(cc1OC)C1N(CC2)C([2H])([2H])C([2H])(CC(C)C)C(=O)C1([2H])[2H]. The Morgan fingerprint density at radius 1 is 0.326 bits per heavy atom. The van der Waals surface area contributed by atoms with Crippen molar-refractivity contribution in [2.24, 2.45) is 70.9 Å². The highest BCUT2D eigenvalue weighted by atomic mass is 16.5. The molecule has 0 aromatic heterocycles. The average Bonchev–Trinajstić information content (AvgIpc) is 0.674. The largest absolute Gasteiger partial charge is 0.493 e. The average molecular weight is 2020 g/mol. The predicted molar refractivity (Wildman–Crippen MR) is 555 cm³/mol. The first-order valence-electron chi connectivity index (χ1n) is 81.3. The van der Waals surface area contributed by atoms with Gasteiger partial charge < -0.3 is 56.8 Å². The van der Waals surface area contributed by atoms with E-state index in [2.05, 4.69) is 0 Å². The number of nitrogens with zero attached hydrogens (tertiary/aromatic N) is 6. The molecule has 0 amide bonds. The molecule has 6 aromatic carbocycles. The van der Waals surface area contributed by atoms with Crippen molar-refractivity contribution in [1.29, 1.82) is 0 Å². The standard InChI is InChI=1S/3C20H29NO3.3C19H27NO3/c3*1-5-13(2)8-15-12-21-7-6-14-9-19(23-3)20(24-4)10-16(14)17(21)11-18(15)22;3*1-12(2)7-14-11-20-6-5-13-8-18(22-3)19(23-4)9-15(13)16(20)10-17(14)21/h3*9-10,13,15,17H,5-8,11-12H2,1-4H3;3*8-9,12,14,16H,5-7,10-11H2,1-4H3/i2D3,3D3,5D2,8D2,11D2,12D2,13D,15D;2D3,3D3,5D2,6D2,7D2,8D2,13D,17D;2D3,3D3,5D2,8D2,12D2,13D;3D3,5D2,6D2,10D2,14D,16D;3D3,10D2,11D2,14D;3D3,5D2,6D2,16D. The number of hydrogen-bond donors (Lipinski definition) is 0. The summed E-state index contributed by atoms with van der Waals surface area (Å²) < 4.78 is 650. The van der Waals surface area contributed by atoms with E-state index in [1.807, 2.05) is 13.8 Å². The highest BCUT2D eigenvalue weighted by Crippen LogP contribution is 2.51. The minimum absolute atomic E-state index is 0.0311. The number of aryl methyl sites for hydroxylation is 3. The lowest BCUT2D eigenvalue weighted by Gasteiger charge is -2.43. The van der Waals surface area contributed by atoms with Gasteiger partial charge in [0.05, 0.1) is 114 Å². The lowest BCUT2D eigenvalue weighted by Crippen LogP contribution is -2.46. The maximum Gasteiger partial charge on any atom is 0.161 e. The monoisotopic (exact) mass is 2020 g/mol. The van der Waals surface area contributed by atoms with Gasteiger partial charge in [-0.15, -0.1) is 0 Å². The van der Waals surface area contributed by atoms with E-state index in [0.29, 0.717) is 57.2 Å². The molecule has 774 valence electrons. The van der Waals surface area contributed by atoms with E-state index in [1.54, 1.807) is 27.7 Å². The first kappa shape index (κ1) is 48.4. The summed E-state index contributed by atoms with van der Waals surface area (Å²) in [6.07, 6.45) is -38.8. The van der Waals surface area contributed by atoms with Gasteiger partial charge in [-0.25, -0.2) is 0 Å². The van der Waals surface area contributed by atoms with Crippen molar-refractivity contribution in [2.75, 3.05) is 163 Å². The van der Waals surface area contributed by atoms with Crippen LogP contribution in [0.1, 0.15) is 380 Å². The molecular weight excluding hydrogens is 1780 g/mol. The molecule has 12 heterocycles. The van der Waals surface area contributed by atoms with Crippen LogP contribution in [0, 0.1) is 70.9 Å². The molecule has 141 heavy (non-hydrogen) atoms. The van der Waals surface area contributed by atoms with Crippen LogP contribution in [0.5, 0.6) is 69.0 Å². The van der Waals surface area contributed by atoms with E-state index in [-0.39, 0.29) is 167 Å². The fourth-order valence-corrected chi connectivity index (χ4v) is 17.9. The van der Waals surface area contributed by atoms with Crippen LogP contribution in [0.4, 0.5) is 0 Å². The van der Waals surface area contributed by atoms with Gasteiger partial charge in [-0.2, -0.15) is 0 Å². The summed E-state index contributed by atoms with van der Waals surface area (Å²) in [6, 6.07) is 3.25. The van der Waals surface area contributed by atoms with Crippen LogP contribution in [-0.4, -0.2) is 227 Å². The molecule has 0 bridgehead atoms. The number of Topliss-reactive ketones (excluding diaryl/α,β-unsaturated/α-hetero) is 6. The molecule has 18 rings (SSSR count). The summed E-state index contributed by atoms with van der Waals surface area (Å²) in [5, 5.41) is 0. The van der Waals surface area contributed by atoms with Gasteiger partial charge in [0, 0.05) is 258 Å². The Morgan fingerprint density at radius 2 is 0.638 bits per heavy atom. The second kappa shape index (κ2) is 50.0. The number of carbonyl (C=O) groups is 6. The normalized spacial score (nSPS) is 41.7. The number of rotatable bonds is 27. The van der Waals surface area contributed by atoms with Crippen molar-refractivity contribution in [3.63, 3.8) is 0 Å². The Hall–Kier alpha value is -9.30. The van der Waals surface area contributed by atoms with Crippen LogP contribution in [0.2, 0.25) is 0 Å². The van der Waals surface area contributed by atoms with Crippen molar-refractivity contribution in [1.82, 2.24) is 29.4 Å². The lowest BCUT2D eigenvalue weighted by molar-refractivity contribution is -0.130. The number of ether oxygens (including phenoxy) is 12. The van der Waals surface area contributed by atoms with Crippen LogP contribution < -0.4 is 56.8 Å². The summed E-state index contributed by atoms with van der Waals surface area (Å²) in [4.78, 5) is 85.6. The van der Waals surface area contributed by atoms with Crippen LogP contribution in [-0.2, 0) is 67.1 Å². The Labute approximate surface area is 943 Å². The molecule has 6 aromatic rings. The topological polar surface area (TPSA) is 233 Å². The van der Waals surface area contributed by atoms with Crippen molar-refractivity contribution in [3.05, 3.63) is 140 Å². The van der Waals surface area contributed by atoms with Gasteiger partial charge in [0.15, 0.2) is 69.0 Å². The first-order chi connectivity index (χ1) is 95.0. The fourth-order valence-electron chi connectivity index (χ4n) is 17.9. The third-order valence-corrected chi connectivity index (χ3v) is 24.8. The number of hydrogen-bond acceptors (Lipinski definition) is 24. The van der Waals surface area contributed by atoms with Crippen LogP contribution in [0.15, 0.2) is 72.8 Å². The zero-order valence-corrected chi connectivity index (χ0v) is 80.8. The summed E-state index contributed by atoms with van der Waals surface area (Å²) in [7, 11) is -9.79. The molecule has 6 fully saturated rings. The number of carbonyl (C=O) groups excluding carboxylic acids is 6. The zero-order chi connectivity index (χ0) is 165. The molecule has 0 saturated carbocycles. The van der Waals surface area contributed by atoms with Crippen LogP contribution in [0.3, 0.4) is 0 Å². The summed E-state index contributed by atoms with van der Waals surface area (Å²) in [5.41, 5.74) is 0.205. The molecule has 24 nitrogen and oxygen atoms in total. The van der Waals surface area contributed by atoms with Gasteiger partial charge in [-0.3, -0.25) is 58.2 Å². The van der Waals surface area contributed by atoms with Gasteiger partial charge in [-0.05, 0) is 252 Å². The predicted octanol–water partition coefficient (Wildman–Crippen LogP) is 20.6. The first-order valence-corrected chi connectivity index (χ1v) is 45.3. The molecule has 0 spiro atoms. The molecule has 0 aliphatic carbocycles. The fraction of sp³-hybridized carbons (Fsp3) is 0.641. The molecular formula is C117H168N6O18. The third-order valence-electron chi connectivity index (χ3n) is 24.8. The highest BCUT2D eigenvalue weighted by molar-refractivity contribution is 5.86. The van der Waals surface area contributed by atoms with Crippen molar-refractivity contribution >= 4 is 34.7 Å². The number of methoxy groups -OCH3 is 12. The van der Waals surface area contributed by atoms with Crippen molar-refractivity contribution < 1.29 is 184 Å². The van der Waals surface area contributed by atoms with Crippen molar-refractivity contribution in [2.45, 2.75) is 253 Å². The molecule has 15 unspecified atom stereocenters. The van der Waals surface area contributed by atoms with E-state index < -0.39 is 357 Å². The molecule has 12 aliphatic rings. The van der Waals surface area contributed by atoms with Crippen molar-refractivity contribution in [3.8, 4) is 69.0 Å². The maximum absolute atomic E-state index is 13.8. The van der Waals surface area contributed by atoms with E-state index in [1.165, 1.54) is 74.6 Å². The van der Waals surface area contributed by atoms with E-state index in [9.17, 15) is 30.1 Å². The maximum atomic E-state index is 13.8. The zero-order valence-electron chi connectivity index (χ0n) is 153. The van der Waals surface area contributed by atoms with Gasteiger partial charge in [-0.1, -0.05) is 102 Å². The number of piperidine rings is 6. The molecule has 12 aliphatic heterocycles. The Balaban J connectivity index is 0.000000204. The highest BCUT2D eigenvalue weighted by Gasteiger charge is 2.47. The third kappa shape index (κ3) is 25.6. The molecule has 15 atom stereocenters. The summed E-state index contributed by atoms with van der Waals surface area (Å²) in [5.74, 6) is -33.1. The summed E-state index contributed by atoms with van der Waals surface area (Å²) in [6.45, 7) is -17.8. The minimum atomic E-state index is -4.11. The summed E-state index contributed by atoms with van der Waals surface area (Å²) >= 11 is 0. The molecule has 6 saturated heterocycles. The van der Waals surface area contributed by atoms with Gasteiger partial charge in [0.1, 0.15) is 34.7 Å². The second-order valence-electron chi connectivity index (χ2n) is 35.2. The van der Waals surface area contributed by atoms with E-state index in [0.717, 1.165) is 62.4 Å². The van der Waals surface area contributed by atoms with Gasteiger partial charge in [0.2, 0.25) is 0 Å². The van der Waals surface area contributed by atoms with Crippen LogP contribution >= 0.6 is 0 Å². The number of ketones is 6. The quantitative estimate of drug-likeness (QED) is 0.0466. The van der Waals surface area contributed by atoms with Gasteiger partial charge >= 0.3 is 0 Å². The van der Waals surface area contributed by atoms with E-state index in [4.69, 9.17) is 154 Å². The smallest absolute Gasteiger partial charge is 0.161 e. The van der Waals surface area contributed by atoms with E-state index >= 15 is 0 Å². The second-order valence-corrected chi connectivity index (χ2v) is 35.2.